The van der Waals surface area contributed by atoms with Crippen LogP contribution in [0.2, 0.25) is 0 Å². The first kappa shape index (κ1) is 9.54. The number of carbonyl (C=O) groups excluding carboxylic acids is 1. The zero-order chi connectivity index (χ0) is 9.84. The molecule has 0 saturated heterocycles. The lowest BCUT2D eigenvalue weighted by Gasteiger charge is -2.01. The molecular formula is C9H12NO3+. The van der Waals surface area contributed by atoms with Gasteiger partial charge >= 0.3 is 5.97 Å². The minimum absolute atomic E-state index is 0.0883. The van der Waals surface area contributed by atoms with E-state index in [1.54, 1.807) is 17.4 Å². The fourth-order valence-electron chi connectivity index (χ4n) is 1.03. The zero-order valence-electron chi connectivity index (χ0n) is 7.57. The summed E-state index contributed by atoms with van der Waals surface area (Å²) in [5, 5.41) is 11.2. The topological polar surface area (TPSA) is 63.1 Å². The van der Waals surface area contributed by atoms with Crippen LogP contribution >= 0.6 is 0 Å². The van der Waals surface area contributed by atoms with Crippen molar-refractivity contribution in [3.63, 3.8) is 0 Å². The SMILES string of the molecule is C[NH2+]c1ccc(C(=O)OC)cc1O. The van der Waals surface area contributed by atoms with Gasteiger partial charge in [-0.25, -0.2) is 4.79 Å². The average molecular weight is 182 g/mol. The van der Waals surface area contributed by atoms with E-state index in [1.165, 1.54) is 13.2 Å². The summed E-state index contributed by atoms with van der Waals surface area (Å²) >= 11 is 0. The summed E-state index contributed by atoms with van der Waals surface area (Å²) in [7, 11) is 3.12. The van der Waals surface area contributed by atoms with Gasteiger partial charge in [0.15, 0.2) is 11.4 Å². The van der Waals surface area contributed by atoms with Crippen molar-refractivity contribution in [2.24, 2.45) is 0 Å². The molecule has 0 radical (unpaired) electrons. The second-order valence-electron chi connectivity index (χ2n) is 2.55. The average Bonchev–Trinajstić information content (AvgIpc) is 2.16. The Hall–Kier alpha value is -1.55. The number of phenols is 1. The van der Waals surface area contributed by atoms with E-state index in [2.05, 4.69) is 4.74 Å². The summed E-state index contributed by atoms with van der Waals surface area (Å²) in [6.45, 7) is 0. The normalized spacial score (nSPS) is 9.69. The van der Waals surface area contributed by atoms with Gasteiger partial charge in [-0.15, -0.1) is 0 Å². The lowest BCUT2D eigenvalue weighted by molar-refractivity contribution is -0.540. The standard InChI is InChI=1S/C9H11NO3/c1-10-7-4-3-6(5-8(7)11)9(12)13-2/h3-5,10-11H,1-2H3/p+1. The lowest BCUT2D eigenvalue weighted by atomic mass is 10.2. The van der Waals surface area contributed by atoms with Crippen molar-refractivity contribution in [3.8, 4) is 5.75 Å². The molecule has 0 saturated carbocycles. The molecule has 0 fully saturated rings. The molecule has 0 spiro atoms. The molecule has 1 aromatic rings. The van der Waals surface area contributed by atoms with Crippen molar-refractivity contribution < 1.29 is 20.0 Å². The summed E-state index contributed by atoms with van der Waals surface area (Å²) in [6, 6.07) is 4.67. The molecule has 0 bridgehead atoms. The number of benzene rings is 1. The molecule has 0 aromatic heterocycles. The number of carbonyl (C=O) groups is 1. The number of hydrogen-bond donors (Lipinski definition) is 2. The Morgan fingerprint density at radius 1 is 1.54 bits per heavy atom. The van der Waals surface area contributed by atoms with Crippen LogP contribution in [0.5, 0.6) is 5.75 Å². The number of hydrogen-bond acceptors (Lipinski definition) is 3. The molecule has 0 aliphatic carbocycles. The van der Waals surface area contributed by atoms with Crippen LogP contribution in [-0.4, -0.2) is 25.2 Å². The summed E-state index contributed by atoms with van der Waals surface area (Å²) in [5.41, 5.74) is 1.05. The largest absolute Gasteiger partial charge is 0.503 e. The van der Waals surface area contributed by atoms with E-state index in [1.807, 2.05) is 7.05 Å². The zero-order valence-corrected chi connectivity index (χ0v) is 7.57. The number of phenolic OH excluding ortho intramolecular Hbond substituents is 1. The quantitative estimate of drug-likeness (QED) is 0.384. The number of nitrogens with two attached hydrogens (primary N) is 1. The molecule has 0 unspecified atom stereocenters. The molecule has 3 N–H and O–H groups in total. The van der Waals surface area contributed by atoms with Gasteiger partial charge < -0.3 is 15.2 Å². The minimum Gasteiger partial charge on any atom is -0.503 e. The van der Waals surface area contributed by atoms with Gasteiger partial charge in [0, 0.05) is 12.1 Å². The number of methoxy groups -OCH3 is 1. The molecular weight excluding hydrogens is 170 g/mol. The third kappa shape index (κ3) is 1.97. The highest BCUT2D eigenvalue weighted by molar-refractivity contribution is 5.90. The van der Waals surface area contributed by atoms with Crippen LogP contribution in [0.3, 0.4) is 0 Å². The van der Waals surface area contributed by atoms with Gasteiger partial charge in [-0.3, -0.25) is 0 Å². The molecule has 0 atom stereocenters. The fourth-order valence-corrected chi connectivity index (χ4v) is 1.03. The minimum atomic E-state index is -0.446. The van der Waals surface area contributed by atoms with Crippen LogP contribution in [-0.2, 0) is 4.74 Å². The summed E-state index contributed by atoms with van der Waals surface area (Å²) in [4.78, 5) is 11.0. The summed E-state index contributed by atoms with van der Waals surface area (Å²) in [5.74, 6) is -0.358. The second kappa shape index (κ2) is 3.91. The second-order valence-corrected chi connectivity index (χ2v) is 2.55. The van der Waals surface area contributed by atoms with Crippen LogP contribution in [0.1, 0.15) is 10.4 Å². The van der Waals surface area contributed by atoms with Gasteiger partial charge in [0.05, 0.1) is 19.7 Å². The van der Waals surface area contributed by atoms with E-state index in [0.717, 1.165) is 0 Å². The Labute approximate surface area is 76.1 Å². The third-order valence-corrected chi connectivity index (χ3v) is 1.76. The van der Waals surface area contributed by atoms with E-state index in [4.69, 9.17) is 0 Å². The number of esters is 1. The van der Waals surface area contributed by atoms with Crippen molar-refractivity contribution in [3.05, 3.63) is 23.8 Å². The van der Waals surface area contributed by atoms with Gasteiger partial charge in [-0.05, 0) is 6.07 Å². The molecule has 1 aromatic carbocycles. The molecule has 4 heteroatoms. The van der Waals surface area contributed by atoms with Crippen molar-refractivity contribution >= 4 is 11.7 Å². The highest BCUT2D eigenvalue weighted by Crippen LogP contribution is 2.19. The van der Waals surface area contributed by atoms with Crippen LogP contribution in [0.4, 0.5) is 5.69 Å². The van der Waals surface area contributed by atoms with Crippen molar-refractivity contribution in [2.45, 2.75) is 0 Å². The van der Waals surface area contributed by atoms with Gasteiger partial charge in [0.2, 0.25) is 0 Å². The van der Waals surface area contributed by atoms with E-state index in [-0.39, 0.29) is 5.75 Å². The van der Waals surface area contributed by atoms with Crippen LogP contribution < -0.4 is 5.32 Å². The van der Waals surface area contributed by atoms with Crippen molar-refractivity contribution in [2.75, 3.05) is 14.2 Å². The highest BCUT2D eigenvalue weighted by Gasteiger charge is 2.09. The van der Waals surface area contributed by atoms with Crippen LogP contribution in [0, 0.1) is 0 Å². The number of ether oxygens (including phenoxy) is 1. The Morgan fingerprint density at radius 3 is 2.69 bits per heavy atom. The highest BCUT2D eigenvalue weighted by atomic mass is 16.5. The Kier molecular flexibility index (Phi) is 2.87. The van der Waals surface area contributed by atoms with E-state index in [9.17, 15) is 9.90 Å². The molecule has 70 valence electrons. The monoisotopic (exact) mass is 182 g/mol. The summed E-state index contributed by atoms with van der Waals surface area (Å²) < 4.78 is 4.50. The third-order valence-electron chi connectivity index (χ3n) is 1.76. The molecule has 4 nitrogen and oxygen atoms in total. The van der Waals surface area contributed by atoms with Gasteiger partial charge in [-0.1, -0.05) is 0 Å². The summed E-state index contributed by atoms with van der Waals surface area (Å²) in [6.07, 6.45) is 0. The first-order valence-electron chi connectivity index (χ1n) is 3.89. The molecule has 0 heterocycles. The predicted molar refractivity (Wildman–Crippen MR) is 47.0 cm³/mol. The first-order chi connectivity index (χ1) is 6.19. The lowest BCUT2D eigenvalue weighted by Crippen LogP contribution is -2.72. The van der Waals surface area contributed by atoms with Crippen LogP contribution in [0.15, 0.2) is 18.2 Å². The molecule has 1 rings (SSSR count). The van der Waals surface area contributed by atoms with Gasteiger partial charge in [0.1, 0.15) is 0 Å². The Bertz CT molecular complexity index is 323. The molecule has 0 amide bonds. The van der Waals surface area contributed by atoms with E-state index < -0.39 is 5.97 Å². The van der Waals surface area contributed by atoms with Gasteiger partial charge in [0.25, 0.3) is 0 Å². The van der Waals surface area contributed by atoms with E-state index in [0.29, 0.717) is 11.3 Å². The van der Waals surface area contributed by atoms with Gasteiger partial charge in [-0.2, -0.15) is 0 Å². The maximum Gasteiger partial charge on any atom is 0.337 e. The number of quaternary nitrogens is 1. The first-order valence-corrected chi connectivity index (χ1v) is 3.89. The Morgan fingerprint density at radius 2 is 2.23 bits per heavy atom. The maximum absolute atomic E-state index is 11.0. The molecule has 0 aliphatic rings. The van der Waals surface area contributed by atoms with Crippen molar-refractivity contribution in [1.29, 1.82) is 0 Å². The molecule has 13 heavy (non-hydrogen) atoms. The van der Waals surface area contributed by atoms with Crippen LogP contribution in [0.25, 0.3) is 0 Å². The fraction of sp³-hybridized carbons (Fsp3) is 0.222. The number of rotatable bonds is 2. The van der Waals surface area contributed by atoms with E-state index >= 15 is 0 Å². The number of aromatic hydroxyl groups is 1. The maximum atomic E-state index is 11.0. The predicted octanol–water partition coefficient (Wildman–Crippen LogP) is 0.00350. The Balaban J connectivity index is 3.02. The molecule has 0 aliphatic heterocycles. The van der Waals surface area contributed by atoms with Crippen molar-refractivity contribution in [1.82, 2.24) is 0 Å². The smallest absolute Gasteiger partial charge is 0.337 e.